The average molecular weight is 230 g/mol. The minimum atomic E-state index is -0.157. The van der Waals surface area contributed by atoms with Gasteiger partial charge in [-0.3, -0.25) is 0 Å². The summed E-state index contributed by atoms with van der Waals surface area (Å²) in [5.74, 6) is 0.701. The molecule has 0 amide bonds. The Morgan fingerprint density at radius 2 is 1.65 bits per heavy atom. The predicted molar refractivity (Wildman–Crippen MR) is 66.9 cm³/mol. The van der Waals surface area contributed by atoms with Crippen LogP contribution in [0.3, 0.4) is 0 Å². The third-order valence-corrected chi connectivity index (χ3v) is 2.99. The number of benzene rings is 2. The summed E-state index contributed by atoms with van der Waals surface area (Å²) >= 11 is 0. The highest BCUT2D eigenvalue weighted by atomic mass is 19.1. The normalized spacial score (nSPS) is 12.2. The number of ether oxygens (including phenoxy) is 1. The first-order chi connectivity index (χ1) is 8.22. The van der Waals surface area contributed by atoms with E-state index in [1.54, 1.807) is 13.2 Å². The number of methoxy groups -OCH3 is 1. The molecule has 0 aliphatic carbocycles. The summed E-state index contributed by atoms with van der Waals surface area (Å²) < 4.78 is 18.8. The lowest BCUT2D eigenvalue weighted by Crippen LogP contribution is -1.99. The van der Waals surface area contributed by atoms with Gasteiger partial charge in [0.15, 0.2) is 0 Å². The summed E-state index contributed by atoms with van der Waals surface area (Å²) in [6.45, 7) is 2.00. The van der Waals surface area contributed by atoms with E-state index in [1.165, 1.54) is 6.07 Å². The molecule has 0 heterocycles. The third-order valence-electron chi connectivity index (χ3n) is 2.99. The summed E-state index contributed by atoms with van der Waals surface area (Å²) in [6, 6.07) is 14.6. The summed E-state index contributed by atoms with van der Waals surface area (Å²) in [4.78, 5) is 0. The quantitative estimate of drug-likeness (QED) is 0.774. The van der Waals surface area contributed by atoms with Crippen molar-refractivity contribution < 1.29 is 9.13 Å². The van der Waals surface area contributed by atoms with Crippen LogP contribution in [0.4, 0.5) is 4.39 Å². The van der Waals surface area contributed by atoms with Crippen molar-refractivity contribution in [2.75, 3.05) is 7.11 Å². The van der Waals surface area contributed by atoms with E-state index in [0.29, 0.717) is 0 Å². The highest BCUT2D eigenvalue weighted by Gasteiger charge is 2.12. The molecule has 0 spiro atoms. The number of halogens is 1. The summed E-state index contributed by atoms with van der Waals surface area (Å²) in [7, 11) is 1.63. The zero-order chi connectivity index (χ0) is 12.3. The van der Waals surface area contributed by atoms with Crippen LogP contribution in [0.15, 0.2) is 48.5 Å². The lowest BCUT2D eigenvalue weighted by atomic mass is 9.93. The first kappa shape index (κ1) is 11.6. The second-order valence-electron chi connectivity index (χ2n) is 4.02. The molecule has 1 atom stereocenters. The maximum atomic E-state index is 13.6. The van der Waals surface area contributed by atoms with Gasteiger partial charge >= 0.3 is 0 Å². The molecule has 0 aliphatic heterocycles. The van der Waals surface area contributed by atoms with Crippen molar-refractivity contribution in [3.8, 4) is 5.75 Å². The fraction of sp³-hybridized carbons (Fsp3) is 0.200. The van der Waals surface area contributed by atoms with Crippen molar-refractivity contribution in [2.24, 2.45) is 0 Å². The Balaban J connectivity index is 2.30. The Bertz CT molecular complexity index is 491. The second-order valence-corrected chi connectivity index (χ2v) is 4.02. The van der Waals surface area contributed by atoms with Crippen LogP contribution in [0, 0.1) is 5.82 Å². The summed E-state index contributed by atoms with van der Waals surface area (Å²) in [6.07, 6.45) is 0. The molecule has 2 rings (SSSR count). The first-order valence-corrected chi connectivity index (χ1v) is 5.60. The second kappa shape index (κ2) is 5.00. The van der Waals surface area contributed by atoms with Crippen molar-refractivity contribution in [3.05, 3.63) is 65.5 Å². The molecule has 1 nitrogen and oxygen atoms in total. The Morgan fingerprint density at radius 3 is 2.24 bits per heavy atom. The van der Waals surface area contributed by atoms with Gasteiger partial charge in [0, 0.05) is 5.92 Å². The van der Waals surface area contributed by atoms with Gasteiger partial charge in [0.05, 0.1) is 7.11 Å². The Labute approximate surface area is 101 Å². The maximum absolute atomic E-state index is 13.6. The molecule has 0 fully saturated rings. The molecule has 0 bridgehead atoms. The van der Waals surface area contributed by atoms with E-state index in [0.717, 1.165) is 16.9 Å². The zero-order valence-electron chi connectivity index (χ0n) is 9.98. The van der Waals surface area contributed by atoms with E-state index in [2.05, 4.69) is 0 Å². The van der Waals surface area contributed by atoms with E-state index in [4.69, 9.17) is 4.74 Å². The van der Waals surface area contributed by atoms with Gasteiger partial charge < -0.3 is 4.74 Å². The molecule has 0 aliphatic rings. The topological polar surface area (TPSA) is 9.23 Å². The van der Waals surface area contributed by atoms with E-state index in [1.807, 2.05) is 43.3 Å². The van der Waals surface area contributed by atoms with Gasteiger partial charge in [-0.1, -0.05) is 37.3 Å². The number of hydrogen-bond acceptors (Lipinski definition) is 1. The molecule has 0 saturated heterocycles. The van der Waals surface area contributed by atoms with Crippen molar-refractivity contribution in [2.45, 2.75) is 12.8 Å². The van der Waals surface area contributed by atoms with E-state index in [9.17, 15) is 4.39 Å². The van der Waals surface area contributed by atoms with Gasteiger partial charge in [0.2, 0.25) is 0 Å². The number of rotatable bonds is 3. The molecule has 2 aromatic carbocycles. The van der Waals surface area contributed by atoms with Gasteiger partial charge in [0.25, 0.3) is 0 Å². The molecule has 2 aromatic rings. The van der Waals surface area contributed by atoms with Crippen LogP contribution < -0.4 is 4.74 Å². The van der Waals surface area contributed by atoms with Crippen LogP contribution >= 0.6 is 0 Å². The van der Waals surface area contributed by atoms with Crippen molar-refractivity contribution >= 4 is 0 Å². The van der Waals surface area contributed by atoms with Crippen molar-refractivity contribution in [1.82, 2.24) is 0 Å². The van der Waals surface area contributed by atoms with Gasteiger partial charge in [-0.05, 0) is 29.3 Å². The molecule has 2 heteroatoms. The fourth-order valence-electron chi connectivity index (χ4n) is 1.90. The molecule has 88 valence electrons. The van der Waals surface area contributed by atoms with Crippen LogP contribution in [-0.4, -0.2) is 7.11 Å². The van der Waals surface area contributed by atoms with Crippen molar-refractivity contribution in [1.29, 1.82) is 0 Å². The lowest BCUT2D eigenvalue weighted by molar-refractivity contribution is 0.414. The number of hydrogen-bond donors (Lipinski definition) is 0. The Kier molecular flexibility index (Phi) is 3.43. The predicted octanol–water partition coefficient (Wildman–Crippen LogP) is 3.99. The third kappa shape index (κ3) is 2.47. The monoisotopic (exact) mass is 230 g/mol. The molecule has 0 unspecified atom stereocenters. The van der Waals surface area contributed by atoms with Crippen LogP contribution in [0.2, 0.25) is 0 Å². The minimum Gasteiger partial charge on any atom is -0.497 e. The van der Waals surface area contributed by atoms with Crippen LogP contribution in [0.1, 0.15) is 24.0 Å². The van der Waals surface area contributed by atoms with E-state index >= 15 is 0 Å². The molecule has 17 heavy (non-hydrogen) atoms. The fourth-order valence-corrected chi connectivity index (χ4v) is 1.90. The average Bonchev–Trinajstić information content (AvgIpc) is 2.39. The van der Waals surface area contributed by atoms with Gasteiger partial charge in [-0.15, -0.1) is 0 Å². The SMILES string of the molecule is COc1ccc([C@@H](C)c2ccccc2F)cc1. The molecular weight excluding hydrogens is 215 g/mol. The minimum absolute atomic E-state index is 0.0436. The van der Waals surface area contributed by atoms with Crippen LogP contribution in [-0.2, 0) is 0 Å². The molecule has 0 radical (unpaired) electrons. The maximum Gasteiger partial charge on any atom is 0.127 e. The smallest absolute Gasteiger partial charge is 0.127 e. The van der Waals surface area contributed by atoms with Crippen LogP contribution in [0.25, 0.3) is 0 Å². The van der Waals surface area contributed by atoms with Gasteiger partial charge in [-0.25, -0.2) is 4.39 Å². The molecule has 0 aromatic heterocycles. The largest absolute Gasteiger partial charge is 0.497 e. The van der Waals surface area contributed by atoms with Gasteiger partial charge in [0.1, 0.15) is 11.6 Å². The van der Waals surface area contributed by atoms with Crippen molar-refractivity contribution in [3.63, 3.8) is 0 Å². The van der Waals surface area contributed by atoms with Crippen LogP contribution in [0.5, 0.6) is 5.75 Å². The summed E-state index contributed by atoms with van der Waals surface area (Å²) in [5.41, 5.74) is 1.80. The summed E-state index contributed by atoms with van der Waals surface area (Å²) in [5, 5.41) is 0. The Hall–Kier alpha value is -1.83. The Morgan fingerprint density at radius 1 is 1.00 bits per heavy atom. The standard InChI is InChI=1S/C15H15FO/c1-11(14-5-3-4-6-15(14)16)12-7-9-13(17-2)10-8-12/h3-11H,1-2H3/t11-/m1/s1. The van der Waals surface area contributed by atoms with E-state index in [-0.39, 0.29) is 11.7 Å². The molecule has 0 N–H and O–H groups in total. The van der Waals surface area contributed by atoms with E-state index < -0.39 is 0 Å². The highest BCUT2D eigenvalue weighted by molar-refractivity contribution is 5.35. The zero-order valence-corrected chi connectivity index (χ0v) is 9.98. The highest BCUT2D eigenvalue weighted by Crippen LogP contribution is 2.27. The molecular formula is C15H15FO. The molecule has 0 saturated carbocycles. The lowest BCUT2D eigenvalue weighted by Gasteiger charge is -2.13. The van der Waals surface area contributed by atoms with Gasteiger partial charge in [-0.2, -0.15) is 0 Å². The first-order valence-electron chi connectivity index (χ1n) is 5.60.